The first-order chi connectivity index (χ1) is 10.2. The van der Waals surface area contributed by atoms with Crippen LogP contribution in [0.5, 0.6) is 5.75 Å². The maximum atomic E-state index is 6.06. The largest absolute Gasteiger partial charge is 0.492 e. The summed E-state index contributed by atoms with van der Waals surface area (Å²) in [5.74, 6) is 0.794. The van der Waals surface area contributed by atoms with E-state index in [4.69, 9.17) is 16.3 Å². The monoisotopic (exact) mass is 368 g/mol. The van der Waals surface area contributed by atoms with Gasteiger partial charge in [-0.3, -0.25) is 4.98 Å². The van der Waals surface area contributed by atoms with E-state index in [1.165, 1.54) is 0 Å². The number of pyridine rings is 1. The van der Waals surface area contributed by atoms with Gasteiger partial charge in [-0.1, -0.05) is 24.6 Å². The van der Waals surface area contributed by atoms with Gasteiger partial charge in [0.1, 0.15) is 5.75 Å². The van der Waals surface area contributed by atoms with E-state index in [0.29, 0.717) is 11.6 Å². The smallest absolute Gasteiger partial charge is 0.137 e. The van der Waals surface area contributed by atoms with Gasteiger partial charge >= 0.3 is 0 Å². The molecular weight excluding hydrogens is 352 g/mol. The van der Waals surface area contributed by atoms with Crippen LogP contribution in [0.1, 0.15) is 30.5 Å². The van der Waals surface area contributed by atoms with Gasteiger partial charge in [-0.2, -0.15) is 0 Å². The van der Waals surface area contributed by atoms with E-state index in [9.17, 15) is 0 Å². The van der Waals surface area contributed by atoms with Crippen molar-refractivity contribution in [3.63, 3.8) is 0 Å². The summed E-state index contributed by atoms with van der Waals surface area (Å²) >= 11 is 9.52. The molecule has 21 heavy (non-hydrogen) atoms. The van der Waals surface area contributed by atoms with Gasteiger partial charge in [-0.15, -0.1) is 0 Å². The Hall–Kier alpha value is -1.10. The molecule has 112 valence electrons. The van der Waals surface area contributed by atoms with Gasteiger partial charge in [0.15, 0.2) is 0 Å². The molecule has 0 fully saturated rings. The van der Waals surface area contributed by atoms with Gasteiger partial charge in [-0.05, 0) is 58.7 Å². The summed E-state index contributed by atoms with van der Waals surface area (Å²) in [6.45, 7) is 2.78. The topological polar surface area (TPSA) is 34.1 Å². The van der Waals surface area contributed by atoms with Gasteiger partial charge in [-0.25, -0.2) is 0 Å². The Morgan fingerprint density at radius 2 is 2.10 bits per heavy atom. The molecule has 1 heterocycles. The highest BCUT2D eigenvalue weighted by molar-refractivity contribution is 9.10. The van der Waals surface area contributed by atoms with Crippen LogP contribution in [0.15, 0.2) is 41.1 Å². The molecule has 0 bridgehead atoms. The van der Waals surface area contributed by atoms with E-state index in [0.717, 1.165) is 27.8 Å². The molecule has 0 saturated heterocycles. The van der Waals surface area contributed by atoms with E-state index in [2.05, 4.69) is 33.2 Å². The molecule has 0 saturated carbocycles. The molecule has 0 aliphatic rings. The third kappa shape index (κ3) is 4.19. The molecule has 1 atom stereocenters. The number of nitrogens with zero attached hydrogens (tertiary/aromatic N) is 1. The van der Waals surface area contributed by atoms with Gasteiger partial charge in [0.05, 0.1) is 23.9 Å². The number of ether oxygens (including phenoxy) is 1. The normalized spacial score (nSPS) is 12.2. The van der Waals surface area contributed by atoms with E-state index < -0.39 is 0 Å². The van der Waals surface area contributed by atoms with Crippen LogP contribution in [-0.4, -0.2) is 18.6 Å². The minimum absolute atomic E-state index is 0.0382. The molecule has 1 aromatic carbocycles. The quantitative estimate of drug-likeness (QED) is 0.808. The highest BCUT2D eigenvalue weighted by Crippen LogP contribution is 2.29. The fourth-order valence-corrected chi connectivity index (χ4v) is 2.62. The summed E-state index contributed by atoms with van der Waals surface area (Å²) < 4.78 is 6.53. The molecule has 2 aromatic rings. The molecule has 5 heteroatoms. The lowest BCUT2D eigenvalue weighted by Crippen LogP contribution is -2.18. The van der Waals surface area contributed by atoms with Gasteiger partial charge in [0.2, 0.25) is 0 Å². The highest BCUT2D eigenvalue weighted by atomic mass is 79.9. The molecule has 1 N–H and O–H groups in total. The minimum Gasteiger partial charge on any atom is -0.492 e. The lowest BCUT2D eigenvalue weighted by molar-refractivity contribution is 0.315. The Bertz CT molecular complexity index is 607. The van der Waals surface area contributed by atoms with Crippen molar-refractivity contribution < 1.29 is 4.74 Å². The SMILES string of the molecule is CCCOc1cncc(C(NC)c2ccc(Cl)c(Br)c2)c1. The Kier molecular flexibility index (Phi) is 6.03. The minimum atomic E-state index is 0.0382. The van der Waals surface area contributed by atoms with Crippen molar-refractivity contribution in [1.82, 2.24) is 10.3 Å². The van der Waals surface area contributed by atoms with E-state index in [-0.39, 0.29) is 6.04 Å². The number of rotatable bonds is 6. The van der Waals surface area contributed by atoms with Crippen molar-refractivity contribution in [2.45, 2.75) is 19.4 Å². The second-order valence-corrected chi connectivity index (χ2v) is 5.96. The van der Waals surface area contributed by atoms with Crippen LogP contribution in [-0.2, 0) is 0 Å². The Balaban J connectivity index is 2.30. The molecular formula is C16H18BrClN2O. The van der Waals surface area contributed by atoms with Crippen LogP contribution in [0, 0.1) is 0 Å². The summed E-state index contributed by atoms with van der Waals surface area (Å²) in [6, 6.07) is 7.97. The van der Waals surface area contributed by atoms with Crippen LogP contribution < -0.4 is 10.1 Å². The first kappa shape index (κ1) is 16.3. The summed E-state index contributed by atoms with van der Waals surface area (Å²) in [7, 11) is 1.92. The summed E-state index contributed by atoms with van der Waals surface area (Å²) in [4.78, 5) is 4.27. The van der Waals surface area contributed by atoms with Crippen LogP contribution in [0.4, 0.5) is 0 Å². The maximum absolute atomic E-state index is 6.06. The molecule has 1 aromatic heterocycles. The zero-order chi connectivity index (χ0) is 15.2. The van der Waals surface area contributed by atoms with Crippen molar-refractivity contribution in [3.8, 4) is 5.75 Å². The van der Waals surface area contributed by atoms with Crippen LogP contribution >= 0.6 is 27.5 Å². The first-order valence-corrected chi connectivity index (χ1v) is 8.02. The molecule has 0 spiro atoms. The summed E-state index contributed by atoms with van der Waals surface area (Å²) in [6.07, 6.45) is 4.57. The van der Waals surface area contributed by atoms with Crippen molar-refractivity contribution in [3.05, 3.63) is 57.3 Å². The Morgan fingerprint density at radius 1 is 1.29 bits per heavy atom. The fraction of sp³-hybridized carbons (Fsp3) is 0.312. The second kappa shape index (κ2) is 7.78. The van der Waals surface area contributed by atoms with Gasteiger partial charge in [0.25, 0.3) is 0 Å². The van der Waals surface area contributed by atoms with Gasteiger partial charge in [0, 0.05) is 10.7 Å². The number of aromatic nitrogens is 1. The van der Waals surface area contributed by atoms with Crippen LogP contribution in [0.25, 0.3) is 0 Å². The second-order valence-electron chi connectivity index (χ2n) is 4.70. The average Bonchev–Trinajstić information content (AvgIpc) is 2.50. The standard InChI is InChI=1S/C16H18BrClN2O/c1-3-6-21-13-7-12(9-20-10-13)16(19-2)11-4-5-15(18)14(17)8-11/h4-5,7-10,16,19H,3,6H2,1-2H3. The third-order valence-electron chi connectivity index (χ3n) is 3.11. The predicted octanol–water partition coefficient (Wildman–Crippen LogP) is 4.60. The van der Waals surface area contributed by atoms with E-state index in [1.54, 1.807) is 6.20 Å². The number of halogens is 2. The number of nitrogens with one attached hydrogen (secondary N) is 1. The first-order valence-electron chi connectivity index (χ1n) is 6.85. The number of benzene rings is 1. The fourth-order valence-electron chi connectivity index (χ4n) is 2.11. The Labute approximate surface area is 138 Å². The zero-order valence-corrected chi connectivity index (χ0v) is 14.4. The van der Waals surface area contributed by atoms with Crippen molar-refractivity contribution in [2.75, 3.05) is 13.7 Å². The highest BCUT2D eigenvalue weighted by Gasteiger charge is 2.14. The molecule has 2 rings (SSSR count). The lowest BCUT2D eigenvalue weighted by Gasteiger charge is -2.18. The third-order valence-corrected chi connectivity index (χ3v) is 4.32. The molecule has 3 nitrogen and oxygen atoms in total. The predicted molar refractivity (Wildman–Crippen MR) is 90.1 cm³/mol. The van der Waals surface area contributed by atoms with Crippen LogP contribution in [0.3, 0.4) is 0 Å². The van der Waals surface area contributed by atoms with E-state index >= 15 is 0 Å². The zero-order valence-electron chi connectivity index (χ0n) is 12.1. The maximum Gasteiger partial charge on any atom is 0.137 e. The lowest BCUT2D eigenvalue weighted by atomic mass is 10.0. The van der Waals surface area contributed by atoms with Gasteiger partial charge < -0.3 is 10.1 Å². The Morgan fingerprint density at radius 3 is 2.76 bits per heavy atom. The van der Waals surface area contributed by atoms with Crippen LogP contribution in [0.2, 0.25) is 5.02 Å². The molecule has 0 aliphatic heterocycles. The molecule has 0 amide bonds. The molecule has 0 aliphatic carbocycles. The van der Waals surface area contributed by atoms with Crippen molar-refractivity contribution >= 4 is 27.5 Å². The molecule has 1 unspecified atom stereocenters. The van der Waals surface area contributed by atoms with Crippen molar-refractivity contribution in [2.24, 2.45) is 0 Å². The average molecular weight is 370 g/mol. The molecule has 0 radical (unpaired) electrons. The summed E-state index contributed by atoms with van der Waals surface area (Å²) in [5, 5.41) is 4.01. The van der Waals surface area contributed by atoms with Crippen molar-refractivity contribution in [1.29, 1.82) is 0 Å². The van der Waals surface area contributed by atoms with E-state index in [1.807, 2.05) is 37.5 Å². The summed E-state index contributed by atoms with van der Waals surface area (Å²) in [5.41, 5.74) is 2.17. The number of hydrogen-bond acceptors (Lipinski definition) is 3. The number of hydrogen-bond donors (Lipinski definition) is 1.